The second-order valence-electron chi connectivity index (χ2n) is 12.6. The molecule has 0 aliphatic rings. The summed E-state index contributed by atoms with van der Waals surface area (Å²) in [4.78, 5) is 23.2. The van der Waals surface area contributed by atoms with Crippen LogP contribution in [0.25, 0.3) is 0 Å². The molecule has 0 aromatic heterocycles. The Hall–Kier alpha value is -5.27. The molecule has 16 nitrogen and oxygen atoms in total. The second kappa shape index (κ2) is 24.6. The Morgan fingerprint density at radius 2 is 1.05 bits per heavy atom. The van der Waals surface area contributed by atoms with Crippen LogP contribution in [0.1, 0.15) is 38.8 Å². The molecule has 0 aliphatic carbocycles. The molecule has 59 heavy (non-hydrogen) atoms. The normalized spacial score (nSPS) is 11.9. The minimum Gasteiger partial charge on any atom is -0.504 e. The van der Waals surface area contributed by atoms with Gasteiger partial charge in [-0.2, -0.15) is 0 Å². The summed E-state index contributed by atoms with van der Waals surface area (Å²) in [7, 11) is -5.05. The standard InChI is InChI=1S/C20H26N2O6S.C12H17ClN2O4S.C8H10O2/c1-4-27-16-7-5-6-8-17(16)28-13-20(23)22-14(2)11-15-9-10-18(26-3)19(12-15)29(21,24)25;1-8(15-12(16)7-13)5-9-3-4-10(19-2)11(6-9)20(14,17)18;1-2-10-8-6-4-3-5-7(8)9/h5-10,12,14H,4,11,13H2,1-3H3,(H,22,23)(H2,21,24,25);3-4,6,8H,5,7H2,1-2H3,(H,15,16)(H2,14,17,18);3-6,9H,2H2,1H3/t14-;8-;/m11./s1. The molecule has 4 aromatic rings. The van der Waals surface area contributed by atoms with Crippen molar-refractivity contribution in [3.63, 3.8) is 0 Å². The molecule has 4 aromatic carbocycles. The average molecular weight is 881 g/mol. The molecule has 2 amide bonds. The highest BCUT2D eigenvalue weighted by Crippen LogP contribution is 2.27. The number of halogens is 1. The van der Waals surface area contributed by atoms with Gasteiger partial charge in [-0.05, 0) is 100 Å². The Labute approximate surface area is 351 Å². The van der Waals surface area contributed by atoms with E-state index in [1.165, 1.54) is 38.5 Å². The molecule has 0 saturated carbocycles. The van der Waals surface area contributed by atoms with Crippen molar-refractivity contribution < 1.29 is 55.2 Å². The van der Waals surface area contributed by atoms with Crippen LogP contribution in [0.4, 0.5) is 0 Å². The van der Waals surface area contributed by atoms with Crippen molar-refractivity contribution in [3.05, 3.63) is 96.1 Å². The molecule has 4 rings (SSSR count). The Morgan fingerprint density at radius 1 is 0.644 bits per heavy atom. The van der Waals surface area contributed by atoms with E-state index in [4.69, 9.17) is 50.7 Å². The molecule has 0 fully saturated rings. The summed E-state index contributed by atoms with van der Waals surface area (Å²) in [5.74, 6) is 1.48. The lowest BCUT2D eigenvalue weighted by atomic mass is 10.1. The first-order valence-corrected chi connectivity index (χ1v) is 21.8. The van der Waals surface area contributed by atoms with Gasteiger partial charge in [0.05, 0.1) is 27.4 Å². The average Bonchev–Trinajstić information content (AvgIpc) is 3.18. The Balaban J connectivity index is 0.000000343. The molecule has 0 spiro atoms. The first kappa shape index (κ1) is 49.9. The van der Waals surface area contributed by atoms with Crippen molar-refractivity contribution in [1.82, 2.24) is 10.6 Å². The van der Waals surface area contributed by atoms with Crippen LogP contribution in [0, 0.1) is 0 Å². The van der Waals surface area contributed by atoms with Gasteiger partial charge in [-0.3, -0.25) is 9.59 Å². The van der Waals surface area contributed by atoms with Gasteiger partial charge in [-0.25, -0.2) is 27.1 Å². The number of nitrogens with one attached hydrogen (secondary N) is 2. The van der Waals surface area contributed by atoms with E-state index < -0.39 is 20.0 Å². The van der Waals surface area contributed by atoms with Gasteiger partial charge in [0.15, 0.2) is 29.6 Å². The fourth-order valence-corrected chi connectivity index (χ4v) is 6.87. The van der Waals surface area contributed by atoms with Gasteiger partial charge in [0.25, 0.3) is 5.91 Å². The quantitative estimate of drug-likeness (QED) is 0.0880. The minimum atomic E-state index is -3.92. The minimum absolute atomic E-state index is 0.0756. The smallest absolute Gasteiger partial charge is 0.258 e. The Morgan fingerprint density at radius 3 is 1.46 bits per heavy atom. The van der Waals surface area contributed by atoms with E-state index in [-0.39, 0.29) is 63.4 Å². The number of carbonyl (C=O) groups is 2. The summed E-state index contributed by atoms with van der Waals surface area (Å²) in [6, 6.07) is 23.0. The van der Waals surface area contributed by atoms with Crippen molar-refractivity contribution >= 4 is 43.5 Å². The number of amides is 2. The van der Waals surface area contributed by atoms with E-state index in [1.807, 2.05) is 32.9 Å². The van der Waals surface area contributed by atoms with E-state index >= 15 is 0 Å². The lowest BCUT2D eigenvalue weighted by molar-refractivity contribution is -0.123. The molecule has 0 unspecified atom stereocenters. The number of para-hydroxylation sites is 4. The summed E-state index contributed by atoms with van der Waals surface area (Å²) < 4.78 is 72.5. The van der Waals surface area contributed by atoms with Crippen molar-refractivity contribution in [3.8, 4) is 34.5 Å². The largest absolute Gasteiger partial charge is 0.504 e. The summed E-state index contributed by atoms with van der Waals surface area (Å²) >= 11 is 5.40. The highest BCUT2D eigenvalue weighted by molar-refractivity contribution is 7.89. The molecular weight excluding hydrogens is 828 g/mol. The summed E-state index contributed by atoms with van der Waals surface area (Å²) in [6.45, 7) is 8.26. The fraction of sp³-hybridized carbons (Fsp3) is 0.350. The first-order valence-electron chi connectivity index (χ1n) is 18.2. The summed E-state index contributed by atoms with van der Waals surface area (Å²) in [5, 5.41) is 25.0. The molecular formula is C40H53ClN4O12S2. The monoisotopic (exact) mass is 880 g/mol. The Kier molecular flexibility index (Phi) is 20.8. The maximum absolute atomic E-state index is 12.2. The number of sulfonamides is 2. The van der Waals surface area contributed by atoms with E-state index in [2.05, 4.69) is 10.6 Å². The highest BCUT2D eigenvalue weighted by atomic mass is 35.5. The number of primary sulfonamides is 2. The van der Waals surface area contributed by atoms with E-state index in [9.17, 15) is 26.4 Å². The zero-order valence-electron chi connectivity index (χ0n) is 33.8. The third kappa shape index (κ3) is 17.6. The van der Waals surface area contributed by atoms with E-state index in [1.54, 1.807) is 55.5 Å². The molecule has 0 bridgehead atoms. The van der Waals surface area contributed by atoms with E-state index in [0.717, 1.165) is 5.56 Å². The molecule has 0 heterocycles. The molecule has 2 atom stereocenters. The number of aromatic hydroxyl groups is 1. The van der Waals surface area contributed by atoms with Crippen LogP contribution < -0.4 is 44.6 Å². The number of nitrogens with two attached hydrogens (primary N) is 2. The zero-order valence-corrected chi connectivity index (χ0v) is 36.2. The zero-order chi connectivity index (χ0) is 44.2. The van der Waals surface area contributed by atoms with Gasteiger partial charge in [-0.15, -0.1) is 11.6 Å². The molecule has 7 N–H and O–H groups in total. The number of alkyl halides is 1. The van der Waals surface area contributed by atoms with Crippen molar-refractivity contribution in [2.24, 2.45) is 10.3 Å². The predicted molar refractivity (Wildman–Crippen MR) is 224 cm³/mol. The van der Waals surface area contributed by atoms with Gasteiger partial charge < -0.3 is 39.4 Å². The second-order valence-corrected chi connectivity index (χ2v) is 15.9. The predicted octanol–water partition coefficient (Wildman–Crippen LogP) is 4.29. The lowest BCUT2D eigenvalue weighted by Gasteiger charge is -2.16. The molecule has 19 heteroatoms. The van der Waals surface area contributed by atoms with Gasteiger partial charge >= 0.3 is 0 Å². The third-order valence-electron chi connectivity index (χ3n) is 7.76. The van der Waals surface area contributed by atoms with Crippen LogP contribution in [-0.4, -0.2) is 85.8 Å². The van der Waals surface area contributed by atoms with Gasteiger partial charge in [-0.1, -0.05) is 36.4 Å². The van der Waals surface area contributed by atoms with Gasteiger partial charge in [0, 0.05) is 12.1 Å². The third-order valence-corrected chi connectivity index (χ3v) is 9.87. The van der Waals surface area contributed by atoms with Crippen LogP contribution in [-0.2, 0) is 42.5 Å². The van der Waals surface area contributed by atoms with Crippen molar-refractivity contribution in [2.75, 3.05) is 39.9 Å². The highest BCUT2D eigenvalue weighted by Gasteiger charge is 2.19. The number of phenolic OH excluding ortho intramolecular Hbond substituents is 1. The van der Waals surface area contributed by atoms with Crippen LogP contribution in [0.2, 0.25) is 0 Å². The lowest BCUT2D eigenvalue weighted by Crippen LogP contribution is -2.37. The number of hydrogen-bond donors (Lipinski definition) is 5. The number of ether oxygens (including phenoxy) is 5. The van der Waals surface area contributed by atoms with Crippen LogP contribution in [0.15, 0.2) is 94.7 Å². The number of methoxy groups -OCH3 is 2. The number of benzene rings is 4. The summed E-state index contributed by atoms with van der Waals surface area (Å²) in [6.07, 6.45) is 0.864. The maximum atomic E-state index is 12.2. The first-order chi connectivity index (χ1) is 27.9. The van der Waals surface area contributed by atoms with Crippen LogP contribution in [0.3, 0.4) is 0 Å². The van der Waals surface area contributed by atoms with Crippen LogP contribution in [0.5, 0.6) is 34.5 Å². The number of rotatable bonds is 18. The molecule has 0 radical (unpaired) electrons. The van der Waals surface area contributed by atoms with Crippen molar-refractivity contribution in [1.29, 1.82) is 0 Å². The topological polar surface area (TPSA) is 245 Å². The van der Waals surface area contributed by atoms with E-state index in [0.29, 0.717) is 48.9 Å². The van der Waals surface area contributed by atoms with Crippen molar-refractivity contribution in [2.45, 2.75) is 62.4 Å². The van der Waals surface area contributed by atoms with Crippen LogP contribution >= 0.6 is 11.6 Å². The SMILES string of the molecule is CCOc1ccccc1O.CCOc1ccccc1OCC(=O)N[C@H](C)Cc1ccc(OC)c(S(N)(=O)=O)c1.COc1ccc(C[C@@H](C)NC(=O)CCl)cc1S(N)(=O)=O. The fourth-order valence-electron chi connectivity index (χ4n) is 5.30. The Bertz CT molecular complexity index is 2190. The number of phenols is 1. The maximum Gasteiger partial charge on any atom is 0.258 e. The molecule has 0 aliphatic heterocycles. The summed E-state index contributed by atoms with van der Waals surface area (Å²) in [5.41, 5.74) is 1.42. The number of hydrogen-bond acceptors (Lipinski definition) is 12. The van der Waals surface area contributed by atoms with Gasteiger partial charge in [0.2, 0.25) is 26.0 Å². The molecule has 324 valence electrons. The molecule has 0 saturated heterocycles. The van der Waals surface area contributed by atoms with Gasteiger partial charge in [0.1, 0.15) is 27.2 Å². The number of carbonyl (C=O) groups excluding carboxylic acids is 2.